The van der Waals surface area contributed by atoms with Crippen molar-refractivity contribution in [2.24, 2.45) is 10.2 Å². The lowest BCUT2D eigenvalue weighted by molar-refractivity contribution is 0.340. The number of sulfone groups is 1. The van der Waals surface area contributed by atoms with Crippen LogP contribution in [0.5, 0.6) is 11.5 Å². The second-order valence-corrected chi connectivity index (χ2v) is 8.42. The zero-order valence-corrected chi connectivity index (χ0v) is 18.3. The summed E-state index contributed by atoms with van der Waals surface area (Å²) in [6.45, 7) is 3.96. The molecule has 32 heavy (non-hydrogen) atoms. The fraction of sp³-hybridized carbons (Fsp3) is 0.190. The summed E-state index contributed by atoms with van der Waals surface area (Å²) in [6.07, 6.45) is 3.17. The average Bonchev–Trinajstić information content (AvgIpc) is 3.20. The second kappa shape index (κ2) is 8.35. The Morgan fingerprint density at radius 1 is 1.25 bits per heavy atom. The number of fused-ring (bicyclic) bond motifs is 2. The maximum Gasteiger partial charge on any atom is 0.242 e. The number of ether oxygens (including phenoxy) is 2. The predicted octanol–water partition coefficient (Wildman–Crippen LogP) is 4.83. The van der Waals surface area contributed by atoms with Gasteiger partial charge < -0.3 is 19.1 Å². The number of aliphatic hydroxyl groups excluding tert-OH is 1. The van der Waals surface area contributed by atoms with E-state index in [1.165, 1.54) is 30.3 Å². The van der Waals surface area contributed by atoms with Crippen molar-refractivity contribution in [2.75, 3.05) is 18.6 Å². The first-order valence-corrected chi connectivity index (χ1v) is 11.1. The molecule has 2 heterocycles. The quantitative estimate of drug-likeness (QED) is 0.523. The van der Waals surface area contributed by atoms with Crippen molar-refractivity contribution in [2.45, 2.75) is 18.7 Å². The number of anilines is 1. The number of methoxy groups -OCH3 is 1. The molecule has 0 amide bonds. The van der Waals surface area contributed by atoms with Crippen molar-refractivity contribution >= 4 is 32.3 Å². The van der Waals surface area contributed by atoms with Gasteiger partial charge in [-0.15, -0.1) is 10.2 Å². The largest absolute Gasteiger partial charge is 0.496 e. The first-order valence-electron chi connectivity index (χ1n) is 9.63. The minimum absolute atomic E-state index is 0.0167. The summed E-state index contributed by atoms with van der Waals surface area (Å²) >= 11 is 0. The van der Waals surface area contributed by atoms with Crippen LogP contribution in [0, 0.1) is 0 Å². The molecule has 0 radical (unpaired) electrons. The van der Waals surface area contributed by atoms with Gasteiger partial charge >= 0.3 is 0 Å². The van der Waals surface area contributed by atoms with Crippen LogP contribution in [-0.2, 0) is 9.84 Å². The normalized spacial score (nSPS) is 15.7. The lowest BCUT2D eigenvalue weighted by atomic mass is 10.2. The average molecular weight is 456 g/mol. The van der Waals surface area contributed by atoms with Gasteiger partial charge in [-0.3, -0.25) is 4.90 Å². The van der Waals surface area contributed by atoms with Crippen LogP contribution < -0.4 is 14.4 Å². The van der Waals surface area contributed by atoms with E-state index in [1.54, 1.807) is 37.3 Å². The van der Waals surface area contributed by atoms with Crippen molar-refractivity contribution in [1.29, 1.82) is 0 Å². The van der Waals surface area contributed by atoms with Crippen molar-refractivity contribution in [3.8, 4) is 11.5 Å². The molecule has 0 atom stereocenters. The van der Waals surface area contributed by atoms with Gasteiger partial charge in [-0.2, -0.15) is 0 Å². The SMILES string of the molecule is C/C=C/N1C(O)=C(N=Nc2noc3cccc(OC)c23)S(=O)(=O)c2ccc(OCC)cc21. The topological polar surface area (TPSA) is 127 Å². The van der Waals surface area contributed by atoms with Gasteiger partial charge in [0.1, 0.15) is 16.9 Å². The van der Waals surface area contributed by atoms with Crippen LogP contribution >= 0.6 is 0 Å². The summed E-state index contributed by atoms with van der Waals surface area (Å²) < 4.78 is 42.5. The van der Waals surface area contributed by atoms with Gasteiger partial charge in [0.15, 0.2) is 5.58 Å². The van der Waals surface area contributed by atoms with Crippen molar-refractivity contribution in [3.63, 3.8) is 0 Å². The number of benzene rings is 2. The Morgan fingerprint density at radius 3 is 2.78 bits per heavy atom. The third kappa shape index (κ3) is 3.46. The van der Waals surface area contributed by atoms with Gasteiger partial charge in [0.2, 0.25) is 26.6 Å². The number of nitrogens with zero attached hydrogens (tertiary/aromatic N) is 4. The number of azo groups is 1. The molecule has 2 aromatic carbocycles. The molecule has 1 aliphatic heterocycles. The molecule has 0 unspecified atom stereocenters. The summed E-state index contributed by atoms with van der Waals surface area (Å²) in [7, 11) is -2.71. The lowest BCUT2D eigenvalue weighted by Gasteiger charge is -2.27. The van der Waals surface area contributed by atoms with Crippen LogP contribution in [0.25, 0.3) is 11.0 Å². The molecule has 0 fully saturated rings. The minimum atomic E-state index is -4.19. The number of aliphatic hydroxyl groups is 1. The molecule has 1 aromatic heterocycles. The Kier molecular flexibility index (Phi) is 5.57. The van der Waals surface area contributed by atoms with E-state index in [9.17, 15) is 13.5 Å². The monoisotopic (exact) mass is 456 g/mol. The van der Waals surface area contributed by atoms with Crippen molar-refractivity contribution in [1.82, 2.24) is 5.16 Å². The standard InChI is InChI=1S/C21H20N4O6S/c1-4-11-25-14-12-13(30-5-2)9-10-17(14)32(27,28)20(21(25)26)23-22-19-18-15(29-3)7-6-8-16(18)31-24-19/h4,6-12,26H,5H2,1-3H3/b11-4+,23-22?. The smallest absolute Gasteiger partial charge is 0.242 e. The van der Waals surface area contributed by atoms with Gasteiger partial charge in [0, 0.05) is 12.3 Å². The molecule has 0 saturated heterocycles. The third-order valence-electron chi connectivity index (χ3n) is 4.66. The zero-order valence-electron chi connectivity index (χ0n) is 17.5. The predicted molar refractivity (Wildman–Crippen MR) is 117 cm³/mol. The van der Waals surface area contributed by atoms with E-state index in [0.717, 1.165) is 0 Å². The molecule has 166 valence electrons. The molecule has 1 N–H and O–H groups in total. The maximum absolute atomic E-state index is 13.2. The Morgan fingerprint density at radius 2 is 2.06 bits per heavy atom. The molecule has 11 heteroatoms. The highest BCUT2D eigenvalue weighted by Gasteiger charge is 2.37. The highest BCUT2D eigenvalue weighted by molar-refractivity contribution is 7.95. The Balaban J connectivity index is 1.85. The number of aromatic nitrogens is 1. The van der Waals surface area contributed by atoms with Gasteiger partial charge in [-0.05, 0) is 38.1 Å². The van der Waals surface area contributed by atoms with Crippen LogP contribution in [-0.4, -0.2) is 32.4 Å². The third-order valence-corrected chi connectivity index (χ3v) is 6.36. The van der Waals surface area contributed by atoms with E-state index in [4.69, 9.17) is 14.0 Å². The summed E-state index contributed by atoms with van der Waals surface area (Å²) in [5.41, 5.74) is 0.631. The summed E-state index contributed by atoms with van der Waals surface area (Å²) in [6, 6.07) is 9.56. The molecule has 0 aliphatic carbocycles. The Hall–Kier alpha value is -3.86. The fourth-order valence-corrected chi connectivity index (χ4v) is 4.66. The van der Waals surface area contributed by atoms with Gasteiger partial charge in [-0.25, -0.2) is 8.42 Å². The first-order chi connectivity index (χ1) is 15.4. The lowest BCUT2D eigenvalue weighted by Crippen LogP contribution is -2.26. The molecule has 1 aliphatic rings. The highest BCUT2D eigenvalue weighted by Crippen LogP contribution is 2.42. The van der Waals surface area contributed by atoms with Crippen molar-refractivity contribution < 1.29 is 27.5 Å². The molecule has 0 saturated carbocycles. The van der Waals surface area contributed by atoms with E-state index in [-0.39, 0.29) is 16.4 Å². The van der Waals surface area contributed by atoms with E-state index in [0.29, 0.717) is 29.1 Å². The molecule has 4 rings (SSSR count). The Labute approximate surface area is 184 Å². The highest BCUT2D eigenvalue weighted by atomic mass is 32.2. The van der Waals surface area contributed by atoms with Crippen LogP contribution in [0.1, 0.15) is 13.8 Å². The molecule has 10 nitrogen and oxygen atoms in total. The Bertz CT molecular complexity index is 1370. The van der Waals surface area contributed by atoms with Crippen LogP contribution in [0.3, 0.4) is 0 Å². The number of rotatable bonds is 6. The number of hydrogen-bond donors (Lipinski definition) is 1. The molecule has 0 bridgehead atoms. The van der Waals surface area contributed by atoms with E-state index < -0.39 is 20.7 Å². The van der Waals surface area contributed by atoms with E-state index in [1.807, 2.05) is 6.92 Å². The first kappa shape index (κ1) is 21.4. The number of hydrogen-bond acceptors (Lipinski definition) is 10. The zero-order chi connectivity index (χ0) is 22.9. The summed E-state index contributed by atoms with van der Waals surface area (Å²) in [4.78, 5) is 1.25. The van der Waals surface area contributed by atoms with Gasteiger partial charge in [-0.1, -0.05) is 17.3 Å². The van der Waals surface area contributed by atoms with Gasteiger partial charge in [0.05, 0.1) is 24.3 Å². The van der Waals surface area contributed by atoms with Crippen LogP contribution in [0.2, 0.25) is 0 Å². The minimum Gasteiger partial charge on any atom is -0.496 e. The van der Waals surface area contributed by atoms with Crippen molar-refractivity contribution in [3.05, 3.63) is 59.6 Å². The van der Waals surface area contributed by atoms with E-state index >= 15 is 0 Å². The van der Waals surface area contributed by atoms with Crippen LogP contribution in [0.15, 0.2) is 79.2 Å². The van der Waals surface area contributed by atoms with E-state index in [2.05, 4.69) is 15.4 Å². The summed E-state index contributed by atoms with van der Waals surface area (Å²) in [5.74, 6) is 0.317. The molecule has 3 aromatic rings. The van der Waals surface area contributed by atoms with Gasteiger partial charge in [0.25, 0.3) is 0 Å². The second-order valence-electron chi connectivity index (χ2n) is 6.59. The number of allylic oxidation sites excluding steroid dienone is 1. The molecule has 0 spiro atoms. The maximum atomic E-state index is 13.2. The molecular formula is C21H20N4O6S. The summed E-state index contributed by atoms with van der Waals surface area (Å²) in [5, 5.41) is 22.3. The molecular weight excluding hydrogens is 436 g/mol. The fourth-order valence-electron chi connectivity index (χ4n) is 3.29. The van der Waals surface area contributed by atoms with Crippen LogP contribution in [0.4, 0.5) is 11.5 Å².